The van der Waals surface area contributed by atoms with Crippen LogP contribution in [0, 0.1) is 11.8 Å². The molecule has 0 radical (unpaired) electrons. The number of Topliss-reactive ketones (excluding diaryl/α,β-unsaturated/α-hetero) is 2. The zero-order valence-corrected chi connectivity index (χ0v) is 20.1. The summed E-state index contributed by atoms with van der Waals surface area (Å²) in [6.07, 6.45) is 0.0182. The number of rotatable bonds is 3. The van der Waals surface area contributed by atoms with Gasteiger partial charge in [-0.05, 0) is 30.4 Å². The van der Waals surface area contributed by atoms with Crippen LogP contribution in [0.3, 0.4) is 0 Å². The van der Waals surface area contributed by atoms with Gasteiger partial charge in [0.05, 0.1) is 24.5 Å². The van der Waals surface area contributed by atoms with Gasteiger partial charge in [-0.3, -0.25) is 14.4 Å². The van der Waals surface area contributed by atoms with Gasteiger partial charge in [0.25, 0.3) is 5.91 Å². The monoisotopic (exact) mass is 499 g/mol. The summed E-state index contributed by atoms with van der Waals surface area (Å²) in [4.78, 5) is 41.8. The smallest absolute Gasteiger partial charge is 0.255 e. The van der Waals surface area contributed by atoms with Crippen molar-refractivity contribution in [3.8, 4) is 5.75 Å². The number of benzene rings is 1. The highest BCUT2D eigenvalue weighted by Crippen LogP contribution is 2.54. The number of amides is 1. The van der Waals surface area contributed by atoms with Crippen molar-refractivity contribution in [3.05, 3.63) is 34.1 Å². The summed E-state index contributed by atoms with van der Waals surface area (Å²) < 4.78 is 5.41. The summed E-state index contributed by atoms with van der Waals surface area (Å²) in [7, 11) is 3.68. The Morgan fingerprint density at radius 1 is 1.17 bits per heavy atom. The number of morpholine rings is 1. The minimum Gasteiger partial charge on any atom is -0.508 e. The van der Waals surface area contributed by atoms with E-state index in [-0.39, 0.29) is 36.1 Å². The summed E-state index contributed by atoms with van der Waals surface area (Å²) in [6, 6.07) is 1.84. The number of carbonyl (C=O) groups is 3. The standard InChI is InChI=1S/C25H29N3O8/c1-27(2)14-10-15(28-3-5-36-6-4-28)20(30)18-13(14)8-11-7-12-9-16(29)19(24(26)34)23(33)25(12,35)22(32)17(11)21(18)31/h10-12,30-31,33,35H,3-9H2,1-2H3,(H2,26,34)/t11-,12+,25+/m1/s1. The molecule has 6 N–H and O–H groups in total. The van der Waals surface area contributed by atoms with Gasteiger partial charge in [0, 0.05) is 50.8 Å². The van der Waals surface area contributed by atoms with Crippen molar-refractivity contribution in [2.24, 2.45) is 17.6 Å². The highest BCUT2D eigenvalue weighted by Gasteiger charge is 2.60. The van der Waals surface area contributed by atoms with Crippen LogP contribution < -0.4 is 15.5 Å². The Hall–Kier alpha value is -3.57. The van der Waals surface area contributed by atoms with Gasteiger partial charge in [0.15, 0.2) is 11.4 Å². The molecule has 0 aromatic heterocycles. The third-order valence-electron chi connectivity index (χ3n) is 7.85. The number of primary amides is 1. The number of anilines is 2. The van der Waals surface area contributed by atoms with E-state index in [0.29, 0.717) is 37.6 Å². The third kappa shape index (κ3) is 3.22. The summed E-state index contributed by atoms with van der Waals surface area (Å²) in [5.74, 6) is -6.30. The number of aromatic hydroxyl groups is 1. The lowest BCUT2D eigenvalue weighted by atomic mass is 9.59. The molecule has 11 heteroatoms. The van der Waals surface area contributed by atoms with Crippen LogP contribution in [0.4, 0.5) is 11.4 Å². The van der Waals surface area contributed by atoms with Gasteiger partial charge in [-0.1, -0.05) is 0 Å². The number of phenols is 1. The lowest BCUT2D eigenvalue weighted by Gasteiger charge is -2.46. The average molecular weight is 500 g/mol. The van der Waals surface area contributed by atoms with E-state index in [0.717, 1.165) is 5.69 Å². The van der Waals surface area contributed by atoms with E-state index < -0.39 is 52.0 Å². The number of nitrogens with zero attached hydrogens (tertiary/aromatic N) is 2. The number of aliphatic hydroxyl groups is 3. The zero-order chi connectivity index (χ0) is 26.1. The van der Waals surface area contributed by atoms with Gasteiger partial charge >= 0.3 is 0 Å². The first kappa shape index (κ1) is 24.1. The van der Waals surface area contributed by atoms with Crippen molar-refractivity contribution in [2.45, 2.75) is 24.9 Å². The van der Waals surface area contributed by atoms with Crippen LogP contribution in [0.25, 0.3) is 5.76 Å². The quantitative estimate of drug-likeness (QED) is 0.365. The SMILES string of the molecule is CN(C)c1cc(N2CCOCC2)c(O)c2c1C[C@H]1C[C@H]3CC(=O)C(C(N)=O)=C(O)[C@@]3(O)C(=O)C1=C2O. The third-order valence-corrected chi connectivity index (χ3v) is 7.85. The molecular formula is C25H29N3O8. The lowest BCUT2D eigenvalue weighted by Crippen LogP contribution is -2.58. The molecule has 3 aliphatic carbocycles. The van der Waals surface area contributed by atoms with Gasteiger partial charge in [-0.25, -0.2) is 0 Å². The molecule has 1 amide bonds. The van der Waals surface area contributed by atoms with E-state index in [1.807, 2.05) is 30.0 Å². The maximum atomic E-state index is 13.7. The minimum absolute atomic E-state index is 0.0924. The van der Waals surface area contributed by atoms with Gasteiger partial charge in [0.1, 0.15) is 22.8 Å². The van der Waals surface area contributed by atoms with Gasteiger partial charge in [-0.2, -0.15) is 0 Å². The van der Waals surface area contributed by atoms with E-state index in [9.17, 15) is 34.8 Å². The fourth-order valence-electron chi connectivity index (χ4n) is 6.10. The van der Waals surface area contributed by atoms with Gasteiger partial charge in [0.2, 0.25) is 5.78 Å². The average Bonchev–Trinajstić information content (AvgIpc) is 2.81. The van der Waals surface area contributed by atoms with Gasteiger partial charge < -0.3 is 40.7 Å². The Bertz CT molecular complexity index is 1260. The van der Waals surface area contributed by atoms with Crippen LogP contribution in [-0.4, -0.2) is 83.9 Å². The number of phenolic OH excluding ortho intramolecular Hbond substituents is 1. The Kier molecular flexibility index (Phi) is 5.53. The van der Waals surface area contributed by atoms with Crippen molar-refractivity contribution < 1.29 is 39.5 Å². The Morgan fingerprint density at radius 2 is 1.83 bits per heavy atom. The van der Waals surface area contributed by atoms with Crippen LogP contribution >= 0.6 is 0 Å². The number of ketones is 2. The highest BCUT2D eigenvalue weighted by atomic mass is 16.5. The normalized spacial score (nSPS) is 28.0. The van der Waals surface area contributed by atoms with Crippen LogP contribution in [0.2, 0.25) is 0 Å². The van der Waals surface area contributed by atoms with Crippen molar-refractivity contribution in [3.63, 3.8) is 0 Å². The second kappa shape index (κ2) is 8.24. The van der Waals surface area contributed by atoms with E-state index in [1.165, 1.54) is 0 Å². The molecule has 1 saturated carbocycles. The van der Waals surface area contributed by atoms with Crippen LogP contribution in [-0.2, 0) is 25.5 Å². The first-order valence-corrected chi connectivity index (χ1v) is 11.8. The largest absolute Gasteiger partial charge is 0.508 e. The zero-order valence-electron chi connectivity index (χ0n) is 20.1. The number of hydrogen-bond donors (Lipinski definition) is 5. The molecule has 192 valence electrons. The number of nitrogens with two attached hydrogens (primary N) is 1. The Balaban J connectivity index is 1.71. The Labute approximate surface area is 207 Å². The highest BCUT2D eigenvalue weighted by molar-refractivity contribution is 6.22. The molecule has 1 aromatic rings. The number of carbonyl (C=O) groups excluding carboxylic acids is 3. The number of fused-ring (bicyclic) bond motifs is 3. The van der Waals surface area contributed by atoms with Crippen molar-refractivity contribution in [1.82, 2.24) is 0 Å². The van der Waals surface area contributed by atoms with Gasteiger partial charge in [-0.15, -0.1) is 0 Å². The van der Waals surface area contributed by atoms with E-state index in [4.69, 9.17) is 10.5 Å². The molecule has 36 heavy (non-hydrogen) atoms. The van der Waals surface area contributed by atoms with E-state index >= 15 is 0 Å². The number of ether oxygens (including phenoxy) is 1. The predicted octanol–water partition coefficient (Wildman–Crippen LogP) is 0.327. The molecule has 2 fully saturated rings. The summed E-state index contributed by atoms with van der Waals surface area (Å²) in [5, 5.41) is 44.8. The molecule has 0 bridgehead atoms. The molecule has 5 rings (SSSR count). The predicted molar refractivity (Wildman–Crippen MR) is 129 cm³/mol. The Morgan fingerprint density at radius 3 is 2.44 bits per heavy atom. The fraction of sp³-hybridized carbons (Fsp3) is 0.480. The van der Waals surface area contributed by atoms with Crippen LogP contribution in [0.1, 0.15) is 24.0 Å². The first-order valence-electron chi connectivity index (χ1n) is 11.8. The van der Waals surface area contributed by atoms with Crippen molar-refractivity contribution in [2.75, 3.05) is 50.2 Å². The fourth-order valence-corrected chi connectivity index (χ4v) is 6.10. The molecule has 11 nitrogen and oxygen atoms in total. The molecule has 1 saturated heterocycles. The molecule has 0 spiro atoms. The first-order chi connectivity index (χ1) is 17.0. The summed E-state index contributed by atoms with van der Waals surface area (Å²) in [5.41, 5.74) is 3.68. The van der Waals surface area contributed by atoms with E-state index in [2.05, 4.69) is 0 Å². The van der Waals surface area contributed by atoms with Crippen molar-refractivity contribution in [1.29, 1.82) is 0 Å². The maximum absolute atomic E-state index is 13.7. The minimum atomic E-state index is -2.57. The van der Waals surface area contributed by atoms with Crippen LogP contribution in [0.5, 0.6) is 5.75 Å². The molecular weight excluding hydrogens is 470 g/mol. The molecule has 4 aliphatic rings. The van der Waals surface area contributed by atoms with Crippen LogP contribution in [0.15, 0.2) is 23.0 Å². The molecule has 1 aromatic carbocycles. The second-order valence-electron chi connectivity index (χ2n) is 10.0. The molecule has 1 aliphatic heterocycles. The second-order valence-corrected chi connectivity index (χ2v) is 10.0. The molecule has 1 heterocycles. The number of aliphatic hydroxyl groups excluding tert-OH is 2. The summed E-state index contributed by atoms with van der Waals surface area (Å²) >= 11 is 0. The molecule has 3 atom stereocenters. The topological polar surface area (TPSA) is 174 Å². The van der Waals surface area contributed by atoms with Crippen molar-refractivity contribution >= 4 is 34.6 Å². The maximum Gasteiger partial charge on any atom is 0.255 e. The lowest BCUT2D eigenvalue weighted by molar-refractivity contribution is -0.147. The summed E-state index contributed by atoms with van der Waals surface area (Å²) in [6.45, 7) is 2.01. The number of hydrogen-bond acceptors (Lipinski definition) is 10. The molecule has 0 unspecified atom stereocenters. The van der Waals surface area contributed by atoms with E-state index in [1.54, 1.807) is 0 Å².